The van der Waals surface area contributed by atoms with Gasteiger partial charge in [-0.2, -0.15) is 0 Å². The maximum atomic E-state index is 11.8. The average molecular weight is 587 g/mol. The molecule has 3 heteroatoms. The number of aromatic hydroxyl groups is 3. The molecule has 0 heterocycles. The van der Waals surface area contributed by atoms with E-state index in [-0.39, 0.29) is 32.8 Å². The molecule has 3 N–H and O–H groups in total. The maximum Gasteiger partial charge on any atom is 0.122 e. The summed E-state index contributed by atoms with van der Waals surface area (Å²) >= 11 is 0. The second kappa shape index (κ2) is 11.2. The van der Waals surface area contributed by atoms with Gasteiger partial charge < -0.3 is 15.3 Å². The summed E-state index contributed by atoms with van der Waals surface area (Å²) in [5.41, 5.74) is 7.65. The summed E-state index contributed by atoms with van der Waals surface area (Å²) in [5, 5.41) is 34.9. The molecule has 0 atom stereocenters. The highest BCUT2D eigenvalue weighted by Gasteiger charge is 2.28. The summed E-state index contributed by atoms with van der Waals surface area (Å²) < 4.78 is 0. The van der Waals surface area contributed by atoms with Crippen molar-refractivity contribution in [1.82, 2.24) is 0 Å². The maximum absolute atomic E-state index is 11.8. The fraction of sp³-hybridized carbons (Fsp3) is 0.550. The van der Waals surface area contributed by atoms with E-state index in [1.54, 1.807) is 0 Å². The highest BCUT2D eigenvalue weighted by Crippen LogP contribution is 2.43. The van der Waals surface area contributed by atoms with E-state index in [1.807, 2.05) is 0 Å². The molecule has 3 aromatic rings. The van der Waals surface area contributed by atoms with Crippen molar-refractivity contribution in [3.05, 3.63) is 86.5 Å². The Morgan fingerprint density at radius 2 is 0.581 bits per heavy atom. The van der Waals surface area contributed by atoms with Crippen LogP contribution in [-0.2, 0) is 39.9 Å². The Morgan fingerprint density at radius 3 is 0.814 bits per heavy atom. The molecular weight excluding hydrogens is 528 g/mol. The van der Waals surface area contributed by atoms with Crippen molar-refractivity contribution in [3.8, 4) is 17.2 Å². The third kappa shape index (κ3) is 7.78. The van der Waals surface area contributed by atoms with Crippen LogP contribution in [0.3, 0.4) is 0 Å². The first-order valence-corrected chi connectivity index (χ1v) is 15.8. The van der Waals surface area contributed by atoms with Gasteiger partial charge in [0.25, 0.3) is 0 Å². The molecule has 43 heavy (non-hydrogen) atoms. The van der Waals surface area contributed by atoms with E-state index in [2.05, 4.69) is 140 Å². The van der Waals surface area contributed by atoms with Crippen molar-refractivity contribution in [3.63, 3.8) is 0 Å². The second-order valence-electron chi connectivity index (χ2n) is 17.8. The number of hydrogen-bond donors (Lipinski definition) is 3. The predicted octanol–water partition coefficient (Wildman–Crippen LogP) is 10.5. The standard InChI is InChI=1S/C40H58O3/c1-36(2,3)28-18-24(16-26-20-29(37(4,5)6)22-31(34(26)42)39(10,11)12)33(41)25(19-28)17-27-21-30(38(7,8)9)23-32(35(27)43)40(13,14)15/h18-23,41-43H,16-17H2,1-15H3. The van der Waals surface area contributed by atoms with Crippen LogP contribution in [-0.4, -0.2) is 15.3 Å². The fourth-order valence-corrected chi connectivity index (χ4v) is 5.54. The zero-order valence-electron chi connectivity index (χ0n) is 29.7. The number of benzene rings is 3. The average Bonchev–Trinajstić information content (AvgIpc) is 2.80. The van der Waals surface area contributed by atoms with E-state index in [0.29, 0.717) is 24.3 Å². The first-order valence-electron chi connectivity index (χ1n) is 15.8. The predicted molar refractivity (Wildman–Crippen MR) is 183 cm³/mol. The molecule has 3 aromatic carbocycles. The summed E-state index contributed by atoms with van der Waals surface area (Å²) in [5.74, 6) is 0.824. The third-order valence-electron chi connectivity index (χ3n) is 8.62. The summed E-state index contributed by atoms with van der Waals surface area (Å²) in [6, 6.07) is 12.6. The monoisotopic (exact) mass is 586 g/mol. The lowest BCUT2D eigenvalue weighted by Crippen LogP contribution is -2.18. The van der Waals surface area contributed by atoms with Gasteiger partial charge in [-0.25, -0.2) is 0 Å². The molecule has 0 spiro atoms. The first kappa shape index (κ1) is 34.5. The van der Waals surface area contributed by atoms with Crippen molar-refractivity contribution in [2.45, 2.75) is 144 Å². The molecule has 0 aromatic heterocycles. The van der Waals surface area contributed by atoms with Gasteiger partial charge in [-0.05, 0) is 77.1 Å². The van der Waals surface area contributed by atoms with E-state index >= 15 is 0 Å². The Bertz CT molecular complexity index is 1380. The van der Waals surface area contributed by atoms with Gasteiger partial charge in [0, 0.05) is 12.8 Å². The van der Waals surface area contributed by atoms with Gasteiger partial charge in [0.15, 0.2) is 0 Å². The highest BCUT2D eigenvalue weighted by molar-refractivity contribution is 5.56. The smallest absolute Gasteiger partial charge is 0.122 e. The van der Waals surface area contributed by atoms with Crippen LogP contribution in [0.25, 0.3) is 0 Å². The van der Waals surface area contributed by atoms with Crippen molar-refractivity contribution in [2.75, 3.05) is 0 Å². The summed E-state index contributed by atoms with van der Waals surface area (Å²) in [7, 11) is 0. The zero-order valence-corrected chi connectivity index (χ0v) is 29.7. The second-order valence-corrected chi connectivity index (χ2v) is 17.8. The molecule has 0 unspecified atom stereocenters. The number of phenols is 3. The molecule has 0 aliphatic carbocycles. The van der Waals surface area contributed by atoms with E-state index < -0.39 is 0 Å². The molecule has 0 amide bonds. The minimum Gasteiger partial charge on any atom is -0.507 e. The summed E-state index contributed by atoms with van der Waals surface area (Å²) in [6.07, 6.45) is 0.811. The van der Waals surface area contributed by atoms with Crippen LogP contribution in [0.2, 0.25) is 0 Å². The fourth-order valence-electron chi connectivity index (χ4n) is 5.54. The van der Waals surface area contributed by atoms with E-state index in [1.165, 1.54) is 0 Å². The van der Waals surface area contributed by atoms with E-state index in [9.17, 15) is 15.3 Å². The van der Waals surface area contributed by atoms with Crippen molar-refractivity contribution >= 4 is 0 Å². The molecule has 0 bridgehead atoms. The van der Waals surface area contributed by atoms with Crippen LogP contribution in [0.15, 0.2) is 36.4 Å². The molecule has 0 saturated heterocycles. The van der Waals surface area contributed by atoms with Crippen LogP contribution in [0, 0.1) is 0 Å². The molecule has 0 aliphatic rings. The van der Waals surface area contributed by atoms with Gasteiger partial charge in [-0.15, -0.1) is 0 Å². The van der Waals surface area contributed by atoms with Gasteiger partial charge in [0.05, 0.1) is 0 Å². The molecular formula is C40H58O3. The highest BCUT2D eigenvalue weighted by atomic mass is 16.3. The summed E-state index contributed by atoms with van der Waals surface area (Å²) in [6.45, 7) is 32.4. The minimum atomic E-state index is -0.235. The van der Waals surface area contributed by atoms with Crippen LogP contribution >= 0.6 is 0 Å². The lowest BCUT2D eigenvalue weighted by molar-refractivity contribution is 0.436. The molecule has 0 aliphatic heterocycles. The van der Waals surface area contributed by atoms with Gasteiger partial charge in [0.2, 0.25) is 0 Å². The largest absolute Gasteiger partial charge is 0.507 e. The van der Waals surface area contributed by atoms with Gasteiger partial charge >= 0.3 is 0 Å². The first-order chi connectivity index (χ1) is 19.2. The molecule has 0 radical (unpaired) electrons. The Kier molecular flexibility index (Phi) is 9.00. The minimum absolute atomic E-state index is 0.0940. The van der Waals surface area contributed by atoms with E-state index in [0.717, 1.165) is 50.1 Å². The van der Waals surface area contributed by atoms with E-state index in [4.69, 9.17) is 0 Å². The normalized spacial score (nSPS) is 13.5. The van der Waals surface area contributed by atoms with Crippen LogP contribution < -0.4 is 0 Å². The van der Waals surface area contributed by atoms with Crippen molar-refractivity contribution in [2.24, 2.45) is 0 Å². The Hall–Kier alpha value is -2.94. The molecule has 3 rings (SSSR count). The Balaban J connectivity index is 2.28. The van der Waals surface area contributed by atoms with Crippen molar-refractivity contribution in [1.29, 1.82) is 0 Å². The van der Waals surface area contributed by atoms with Crippen LogP contribution in [0.5, 0.6) is 17.2 Å². The zero-order chi connectivity index (χ0) is 33.1. The number of rotatable bonds is 4. The topological polar surface area (TPSA) is 60.7 Å². The van der Waals surface area contributed by atoms with Crippen LogP contribution in [0.1, 0.15) is 154 Å². The molecule has 3 nitrogen and oxygen atoms in total. The SMILES string of the molecule is CC(C)(C)c1cc(Cc2cc(C(C)(C)C)cc(C(C)(C)C)c2O)c(O)c(Cc2cc(C(C)(C)C)cc(C(C)(C)C)c2O)c1. The molecule has 0 fully saturated rings. The Morgan fingerprint density at radius 1 is 0.349 bits per heavy atom. The van der Waals surface area contributed by atoms with Crippen molar-refractivity contribution < 1.29 is 15.3 Å². The van der Waals surface area contributed by atoms with Crippen LogP contribution in [0.4, 0.5) is 0 Å². The third-order valence-corrected chi connectivity index (χ3v) is 8.62. The molecule has 236 valence electrons. The molecule has 0 saturated carbocycles. The summed E-state index contributed by atoms with van der Waals surface area (Å²) in [4.78, 5) is 0. The van der Waals surface area contributed by atoms with Gasteiger partial charge in [-0.3, -0.25) is 0 Å². The van der Waals surface area contributed by atoms with Gasteiger partial charge in [-0.1, -0.05) is 140 Å². The quantitative estimate of drug-likeness (QED) is 0.285. The lowest BCUT2D eigenvalue weighted by atomic mass is 9.77. The number of phenolic OH excluding ortho intramolecular Hbond substituents is 3. The van der Waals surface area contributed by atoms with Gasteiger partial charge in [0.1, 0.15) is 17.2 Å². The lowest BCUT2D eigenvalue weighted by Gasteiger charge is -2.28. The Labute approximate surface area is 262 Å². The number of hydrogen-bond acceptors (Lipinski definition) is 3.